The Morgan fingerprint density at radius 1 is 0.889 bits per heavy atom. The first-order valence-corrected chi connectivity index (χ1v) is 18.5. The van der Waals surface area contributed by atoms with E-state index in [9.17, 15) is 21.6 Å². The average Bonchev–Trinajstić information content (AvgIpc) is 3.25. The predicted octanol–water partition coefficient (Wildman–Crippen LogP) is 3.75. The van der Waals surface area contributed by atoms with E-state index < -0.39 is 20.0 Å². The fourth-order valence-corrected chi connectivity index (χ4v) is 9.08. The summed E-state index contributed by atoms with van der Waals surface area (Å²) >= 11 is 0. The van der Waals surface area contributed by atoms with Crippen molar-refractivity contribution in [3.05, 3.63) is 75.3 Å². The summed E-state index contributed by atoms with van der Waals surface area (Å²) in [5.74, 6) is 0.338. The van der Waals surface area contributed by atoms with Crippen LogP contribution in [0.2, 0.25) is 0 Å². The van der Waals surface area contributed by atoms with Crippen molar-refractivity contribution in [2.45, 2.75) is 93.5 Å². The van der Waals surface area contributed by atoms with Gasteiger partial charge >= 0.3 is 0 Å². The SMILES string of the molecule is Cc1ccc(C)c(Cn2nnc3c(=O)[nH]c(C4CCN(S(=O)(=O)c5ccc(S(=O)(=O)NC6CCCCCC6)cc5)CC4)nc32)c1. The summed E-state index contributed by atoms with van der Waals surface area (Å²) in [4.78, 5) is 20.6. The number of hydrogen-bond acceptors (Lipinski definition) is 8. The Bertz CT molecular complexity index is 1960. The van der Waals surface area contributed by atoms with Crippen LogP contribution in [0.5, 0.6) is 0 Å². The lowest BCUT2D eigenvalue weighted by Gasteiger charge is -2.30. The number of nitrogens with one attached hydrogen (secondary N) is 2. The number of hydrogen-bond donors (Lipinski definition) is 2. The zero-order valence-corrected chi connectivity index (χ0v) is 27.2. The van der Waals surface area contributed by atoms with Crippen LogP contribution in [0.4, 0.5) is 0 Å². The highest BCUT2D eigenvalue weighted by atomic mass is 32.2. The lowest BCUT2D eigenvalue weighted by atomic mass is 9.97. The lowest BCUT2D eigenvalue weighted by molar-refractivity contribution is 0.313. The normalized spacial score (nSPS) is 17.9. The summed E-state index contributed by atoms with van der Waals surface area (Å²) in [5, 5.41) is 8.26. The van der Waals surface area contributed by atoms with Crippen LogP contribution in [0.3, 0.4) is 0 Å². The molecule has 1 saturated heterocycles. The minimum atomic E-state index is -3.84. The van der Waals surface area contributed by atoms with Crippen molar-refractivity contribution in [3.8, 4) is 0 Å². The molecule has 240 valence electrons. The molecule has 0 spiro atoms. The molecule has 2 aromatic heterocycles. The van der Waals surface area contributed by atoms with E-state index in [0.717, 1.165) is 55.2 Å². The van der Waals surface area contributed by atoms with Crippen molar-refractivity contribution in [1.82, 2.24) is 34.0 Å². The number of aromatic nitrogens is 5. The van der Waals surface area contributed by atoms with Crippen LogP contribution in [0.25, 0.3) is 11.2 Å². The Balaban J connectivity index is 1.14. The van der Waals surface area contributed by atoms with Gasteiger partial charge in [-0.05, 0) is 74.9 Å². The van der Waals surface area contributed by atoms with Gasteiger partial charge in [0.05, 0.1) is 16.3 Å². The molecule has 14 heteroatoms. The van der Waals surface area contributed by atoms with Crippen LogP contribution in [0, 0.1) is 13.8 Å². The third-order valence-electron chi connectivity index (χ3n) is 9.01. The maximum atomic E-state index is 13.5. The molecule has 12 nitrogen and oxygen atoms in total. The van der Waals surface area contributed by atoms with Crippen molar-refractivity contribution in [2.24, 2.45) is 0 Å². The number of piperidine rings is 1. The van der Waals surface area contributed by atoms with Gasteiger partial charge in [-0.15, -0.1) is 5.10 Å². The quantitative estimate of drug-likeness (QED) is 0.272. The van der Waals surface area contributed by atoms with E-state index in [0.29, 0.717) is 30.9 Å². The largest absolute Gasteiger partial charge is 0.308 e. The number of H-pyrrole nitrogens is 1. The van der Waals surface area contributed by atoms with Crippen LogP contribution >= 0.6 is 0 Å². The first-order valence-electron chi connectivity index (χ1n) is 15.5. The number of aromatic amines is 1. The monoisotopic (exact) mass is 653 g/mol. The van der Waals surface area contributed by atoms with Crippen molar-refractivity contribution >= 4 is 31.2 Å². The number of aryl methyl sites for hydroxylation is 2. The van der Waals surface area contributed by atoms with Gasteiger partial charge in [0, 0.05) is 25.0 Å². The lowest BCUT2D eigenvalue weighted by Crippen LogP contribution is -2.38. The molecule has 0 atom stereocenters. The molecule has 2 aromatic carbocycles. The summed E-state index contributed by atoms with van der Waals surface area (Å²) in [5.41, 5.74) is 3.47. The summed E-state index contributed by atoms with van der Waals surface area (Å²) in [6.45, 7) is 4.93. The standard InChI is InChI=1S/C31H39N7O5S2/c1-21-9-10-22(2)24(19-21)20-38-30-28(34-36-38)31(39)33-29(32-30)23-15-17-37(18-16-23)45(42,43)27-13-11-26(12-14-27)44(40,41)35-25-7-5-3-4-6-8-25/h9-14,19,23,25,35H,3-8,15-18,20H2,1-2H3,(H,32,33,39). The van der Waals surface area contributed by atoms with E-state index in [2.05, 4.69) is 26.1 Å². The highest BCUT2D eigenvalue weighted by molar-refractivity contribution is 7.89. The highest BCUT2D eigenvalue weighted by Crippen LogP contribution is 2.30. The predicted molar refractivity (Wildman–Crippen MR) is 170 cm³/mol. The third-order valence-corrected chi connectivity index (χ3v) is 12.5. The molecule has 3 heterocycles. The summed E-state index contributed by atoms with van der Waals surface area (Å²) in [6.07, 6.45) is 6.77. The average molecular weight is 654 g/mol. The summed E-state index contributed by atoms with van der Waals surface area (Å²) < 4.78 is 58.7. The Hall–Kier alpha value is -3.46. The van der Waals surface area contributed by atoms with Gasteiger partial charge in [-0.1, -0.05) is 54.7 Å². The molecule has 0 bridgehead atoms. The molecule has 6 rings (SSSR count). The molecule has 45 heavy (non-hydrogen) atoms. The van der Waals surface area contributed by atoms with Crippen molar-refractivity contribution in [3.63, 3.8) is 0 Å². The third kappa shape index (κ3) is 6.74. The first-order chi connectivity index (χ1) is 21.5. The number of nitrogens with zero attached hydrogens (tertiary/aromatic N) is 5. The van der Waals surface area contributed by atoms with Gasteiger partial charge in [0.2, 0.25) is 20.0 Å². The molecule has 2 aliphatic rings. The summed E-state index contributed by atoms with van der Waals surface area (Å²) in [7, 11) is -7.59. The van der Waals surface area contributed by atoms with Gasteiger partial charge in [-0.3, -0.25) is 4.79 Å². The highest BCUT2D eigenvalue weighted by Gasteiger charge is 2.32. The van der Waals surface area contributed by atoms with E-state index >= 15 is 0 Å². The van der Waals surface area contributed by atoms with Gasteiger partial charge in [0.1, 0.15) is 5.82 Å². The first kappa shape index (κ1) is 31.5. The fourth-order valence-electron chi connectivity index (χ4n) is 6.31. The maximum Gasteiger partial charge on any atom is 0.281 e. The van der Waals surface area contributed by atoms with E-state index in [1.54, 1.807) is 4.68 Å². The van der Waals surface area contributed by atoms with E-state index in [1.165, 1.54) is 28.6 Å². The molecule has 1 saturated carbocycles. The topological polar surface area (TPSA) is 160 Å². The molecule has 4 aromatic rings. The molecule has 0 amide bonds. The Kier molecular flexibility index (Phi) is 8.92. The molecular formula is C31H39N7O5S2. The second-order valence-corrected chi connectivity index (χ2v) is 15.9. The minimum absolute atomic E-state index is 0.0451. The van der Waals surface area contributed by atoms with Gasteiger partial charge in [0.25, 0.3) is 5.56 Å². The second-order valence-electron chi connectivity index (χ2n) is 12.3. The molecule has 1 aliphatic heterocycles. The molecule has 2 N–H and O–H groups in total. The van der Waals surface area contributed by atoms with Crippen LogP contribution < -0.4 is 10.3 Å². The van der Waals surface area contributed by atoms with E-state index in [1.807, 2.05) is 26.0 Å². The van der Waals surface area contributed by atoms with E-state index in [-0.39, 0.29) is 45.9 Å². The maximum absolute atomic E-state index is 13.5. The zero-order chi connectivity index (χ0) is 31.8. The van der Waals surface area contributed by atoms with Gasteiger partial charge in [0.15, 0.2) is 11.2 Å². The molecule has 0 unspecified atom stereocenters. The Morgan fingerprint density at radius 2 is 1.56 bits per heavy atom. The van der Waals surface area contributed by atoms with Crippen molar-refractivity contribution in [2.75, 3.05) is 13.1 Å². The number of sulfonamides is 2. The van der Waals surface area contributed by atoms with Crippen LogP contribution in [-0.2, 0) is 26.6 Å². The minimum Gasteiger partial charge on any atom is -0.308 e. The molecule has 0 radical (unpaired) electrons. The summed E-state index contributed by atoms with van der Waals surface area (Å²) in [6, 6.07) is 11.5. The smallest absolute Gasteiger partial charge is 0.281 e. The van der Waals surface area contributed by atoms with E-state index in [4.69, 9.17) is 4.98 Å². The number of fused-ring (bicyclic) bond motifs is 1. The fraction of sp³-hybridized carbons (Fsp3) is 0.484. The van der Waals surface area contributed by atoms with Gasteiger partial charge in [-0.25, -0.2) is 31.2 Å². The molecular weight excluding hydrogens is 615 g/mol. The van der Waals surface area contributed by atoms with Crippen LogP contribution in [-0.4, -0.2) is 65.2 Å². The molecule has 2 fully saturated rings. The van der Waals surface area contributed by atoms with Crippen molar-refractivity contribution < 1.29 is 16.8 Å². The van der Waals surface area contributed by atoms with Gasteiger partial charge < -0.3 is 4.98 Å². The second kappa shape index (κ2) is 12.7. The van der Waals surface area contributed by atoms with Crippen LogP contribution in [0.15, 0.2) is 57.1 Å². The van der Waals surface area contributed by atoms with Gasteiger partial charge in [-0.2, -0.15) is 4.31 Å². The Morgan fingerprint density at radius 3 is 2.24 bits per heavy atom. The number of rotatable bonds is 8. The Labute approximate surface area is 263 Å². The zero-order valence-electron chi connectivity index (χ0n) is 25.6. The molecule has 1 aliphatic carbocycles. The number of benzene rings is 2. The van der Waals surface area contributed by atoms with Crippen molar-refractivity contribution in [1.29, 1.82) is 0 Å². The van der Waals surface area contributed by atoms with Crippen LogP contribution in [0.1, 0.15) is 79.8 Å².